The zero-order chi connectivity index (χ0) is 16.5. The number of fused-ring (bicyclic) bond motifs is 1. The Morgan fingerprint density at radius 3 is 3.08 bits per heavy atom. The third kappa shape index (κ3) is 3.04. The van der Waals surface area contributed by atoms with Crippen LogP contribution < -0.4 is 0 Å². The van der Waals surface area contributed by atoms with E-state index in [0.29, 0.717) is 19.3 Å². The Hall–Kier alpha value is -1.20. The van der Waals surface area contributed by atoms with E-state index in [2.05, 4.69) is 16.0 Å². The van der Waals surface area contributed by atoms with E-state index in [4.69, 9.17) is 16.3 Å². The predicted octanol–water partition coefficient (Wildman–Crippen LogP) is 3.25. The molecule has 2 saturated heterocycles. The third-order valence-electron chi connectivity index (χ3n) is 5.44. The molecule has 128 valence electrons. The zero-order valence-electron chi connectivity index (χ0n) is 13.7. The van der Waals surface area contributed by atoms with Crippen molar-refractivity contribution in [2.24, 2.45) is 5.92 Å². The summed E-state index contributed by atoms with van der Waals surface area (Å²) in [5.74, 6) is 0.216. The number of aliphatic hydroxyl groups is 1. The second-order valence-electron chi connectivity index (χ2n) is 6.88. The average Bonchev–Trinajstić information content (AvgIpc) is 3.06. The number of hydrogen-bond acceptors (Lipinski definition) is 4. The van der Waals surface area contributed by atoms with Gasteiger partial charge in [0.1, 0.15) is 0 Å². The van der Waals surface area contributed by atoms with Gasteiger partial charge in [-0.15, -0.1) is 0 Å². The minimum absolute atomic E-state index is 0.216. The van der Waals surface area contributed by atoms with Gasteiger partial charge in [0, 0.05) is 41.7 Å². The molecule has 5 heteroatoms. The fraction of sp³-hybridized carbons (Fsp3) is 0.526. The number of aliphatic hydroxyl groups excluding tert-OH is 1. The number of ether oxygens (including phenoxy) is 1. The van der Waals surface area contributed by atoms with Crippen LogP contribution >= 0.6 is 11.6 Å². The van der Waals surface area contributed by atoms with Crippen LogP contribution in [-0.2, 0) is 11.3 Å². The summed E-state index contributed by atoms with van der Waals surface area (Å²) < 4.78 is 5.63. The summed E-state index contributed by atoms with van der Waals surface area (Å²) in [6.45, 7) is 3.25. The van der Waals surface area contributed by atoms with E-state index in [9.17, 15) is 5.11 Å². The van der Waals surface area contributed by atoms with E-state index in [1.807, 2.05) is 24.4 Å². The van der Waals surface area contributed by atoms with Gasteiger partial charge in [0.05, 0.1) is 18.2 Å². The molecule has 4 rings (SSSR count). The predicted molar refractivity (Wildman–Crippen MR) is 95.1 cm³/mol. The van der Waals surface area contributed by atoms with Crippen LogP contribution in [0.5, 0.6) is 0 Å². The van der Waals surface area contributed by atoms with E-state index in [-0.39, 0.29) is 12.0 Å². The van der Waals surface area contributed by atoms with Crippen LogP contribution in [0.3, 0.4) is 0 Å². The van der Waals surface area contributed by atoms with Crippen molar-refractivity contribution >= 4 is 22.5 Å². The fourth-order valence-corrected chi connectivity index (χ4v) is 4.41. The van der Waals surface area contributed by atoms with Gasteiger partial charge in [-0.1, -0.05) is 17.7 Å². The summed E-state index contributed by atoms with van der Waals surface area (Å²) in [4.78, 5) is 7.04. The number of likely N-dealkylation sites (tertiary alicyclic amines) is 1. The Labute approximate surface area is 147 Å². The first-order chi connectivity index (χ1) is 11.7. The lowest BCUT2D eigenvalue weighted by molar-refractivity contribution is -0.0635. The molecule has 0 spiro atoms. The summed E-state index contributed by atoms with van der Waals surface area (Å²) >= 11 is 6.31. The molecule has 24 heavy (non-hydrogen) atoms. The molecule has 0 bridgehead atoms. The number of benzene rings is 1. The Balaban J connectivity index is 1.59. The molecule has 1 N–H and O–H groups in total. The molecule has 4 nitrogen and oxygen atoms in total. The van der Waals surface area contributed by atoms with Gasteiger partial charge >= 0.3 is 0 Å². The van der Waals surface area contributed by atoms with Crippen LogP contribution in [0, 0.1) is 5.92 Å². The van der Waals surface area contributed by atoms with Crippen molar-refractivity contribution in [3.63, 3.8) is 0 Å². The highest BCUT2D eigenvalue weighted by Gasteiger charge is 2.37. The number of aromatic nitrogens is 1. The van der Waals surface area contributed by atoms with Crippen molar-refractivity contribution < 1.29 is 9.84 Å². The van der Waals surface area contributed by atoms with Gasteiger partial charge in [0.25, 0.3) is 0 Å². The number of hydrogen-bond donors (Lipinski definition) is 1. The highest BCUT2D eigenvalue weighted by Crippen LogP contribution is 2.32. The first kappa shape index (κ1) is 16.3. The Bertz CT molecular complexity index is 724. The van der Waals surface area contributed by atoms with E-state index in [1.165, 1.54) is 12.0 Å². The second kappa shape index (κ2) is 6.96. The van der Waals surface area contributed by atoms with E-state index in [1.54, 1.807) is 0 Å². The standard InChI is InChI=1S/C19H23ClN2O2/c20-16-6-5-13(19-14(16)3-1-8-21-19)11-22-9-2-4-17(22)15-12-24-10-7-18(15)23/h1,3,5-6,8,15,17-18,23H,2,4,7,9-12H2/t15-,17+,18+/m0/s1. The van der Waals surface area contributed by atoms with Crippen LogP contribution in [0.2, 0.25) is 5.02 Å². The van der Waals surface area contributed by atoms with Crippen LogP contribution in [0.4, 0.5) is 0 Å². The molecule has 2 fully saturated rings. The van der Waals surface area contributed by atoms with Gasteiger partial charge in [0.2, 0.25) is 0 Å². The van der Waals surface area contributed by atoms with Gasteiger partial charge < -0.3 is 9.84 Å². The molecule has 0 radical (unpaired) electrons. The Morgan fingerprint density at radius 1 is 1.29 bits per heavy atom. The smallest absolute Gasteiger partial charge is 0.0761 e. The number of rotatable bonds is 3. The molecule has 0 aliphatic carbocycles. The number of nitrogens with zero attached hydrogens (tertiary/aromatic N) is 2. The van der Waals surface area contributed by atoms with Crippen LogP contribution in [0.25, 0.3) is 10.9 Å². The molecule has 2 aromatic rings. The quantitative estimate of drug-likeness (QED) is 0.926. The highest BCUT2D eigenvalue weighted by atomic mass is 35.5. The van der Waals surface area contributed by atoms with Crippen LogP contribution in [0.15, 0.2) is 30.5 Å². The molecule has 3 atom stereocenters. The SMILES string of the molecule is O[C@@H]1CCOC[C@H]1[C@H]1CCCN1Cc1ccc(Cl)c2cccnc12. The van der Waals surface area contributed by atoms with E-state index < -0.39 is 0 Å². The number of pyridine rings is 1. The topological polar surface area (TPSA) is 45.6 Å². The molecular weight excluding hydrogens is 324 g/mol. The summed E-state index contributed by atoms with van der Waals surface area (Å²) in [7, 11) is 0. The highest BCUT2D eigenvalue weighted by molar-refractivity contribution is 6.35. The lowest BCUT2D eigenvalue weighted by Gasteiger charge is -2.37. The molecule has 2 aliphatic heterocycles. The first-order valence-electron chi connectivity index (χ1n) is 8.76. The zero-order valence-corrected chi connectivity index (χ0v) is 14.5. The summed E-state index contributed by atoms with van der Waals surface area (Å²) in [6, 6.07) is 8.38. The van der Waals surface area contributed by atoms with Crippen molar-refractivity contribution in [3.05, 3.63) is 41.0 Å². The molecular formula is C19H23ClN2O2. The van der Waals surface area contributed by atoms with Crippen LogP contribution in [-0.4, -0.2) is 46.9 Å². The second-order valence-corrected chi connectivity index (χ2v) is 7.29. The Morgan fingerprint density at radius 2 is 2.21 bits per heavy atom. The third-order valence-corrected chi connectivity index (χ3v) is 5.77. The maximum absolute atomic E-state index is 10.4. The molecule has 1 aromatic carbocycles. The summed E-state index contributed by atoms with van der Waals surface area (Å²) in [6.07, 6.45) is 4.63. The van der Waals surface area contributed by atoms with E-state index >= 15 is 0 Å². The van der Waals surface area contributed by atoms with Gasteiger partial charge in [0.15, 0.2) is 0 Å². The van der Waals surface area contributed by atoms with Crippen molar-refractivity contribution in [2.75, 3.05) is 19.8 Å². The summed E-state index contributed by atoms with van der Waals surface area (Å²) in [5.41, 5.74) is 2.18. The molecule has 0 amide bonds. The summed E-state index contributed by atoms with van der Waals surface area (Å²) in [5, 5.41) is 12.1. The maximum atomic E-state index is 10.4. The largest absolute Gasteiger partial charge is 0.393 e. The van der Waals surface area contributed by atoms with E-state index in [0.717, 1.165) is 41.9 Å². The maximum Gasteiger partial charge on any atom is 0.0761 e. The fourth-order valence-electron chi connectivity index (χ4n) is 4.19. The lowest BCUT2D eigenvalue weighted by atomic mass is 9.89. The normalized spacial score (nSPS) is 28.5. The molecule has 0 saturated carbocycles. The van der Waals surface area contributed by atoms with Gasteiger partial charge in [-0.25, -0.2) is 0 Å². The first-order valence-corrected chi connectivity index (χ1v) is 9.14. The average molecular weight is 347 g/mol. The Kier molecular flexibility index (Phi) is 4.72. The van der Waals surface area contributed by atoms with Gasteiger partial charge in [-0.3, -0.25) is 9.88 Å². The van der Waals surface area contributed by atoms with Gasteiger partial charge in [-0.2, -0.15) is 0 Å². The van der Waals surface area contributed by atoms with Crippen molar-refractivity contribution in [2.45, 2.75) is 38.0 Å². The van der Waals surface area contributed by atoms with Crippen molar-refractivity contribution in [1.29, 1.82) is 0 Å². The van der Waals surface area contributed by atoms with Crippen LogP contribution in [0.1, 0.15) is 24.8 Å². The minimum Gasteiger partial charge on any atom is -0.393 e. The minimum atomic E-state index is -0.246. The van der Waals surface area contributed by atoms with Crippen molar-refractivity contribution in [3.8, 4) is 0 Å². The monoisotopic (exact) mass is 346 g/mol. The van der Waals surface area contributed by atoms with Gasteiger partial charge in [-0.05, 0) is 49.6 Å². The molecule has 2 aliphatic rings. The molecule has 0 unspecified atom stereocenters. The molecule has 3 heterocycles. The molecule has 1 aromatic heterocycles. The lowest BCUT2D eigenvalue weighted by Crippen LogP contribution is -2.45. The number of halogens is 1. The van der Waals surface area contributed by atoms with Crippen molar-refractivity contribution in [1.82, 2.24) is 9.88 Å².